The molecule has 11 nitrogen and oxygen atoms in total. The zero-order valence-electron chi connectivity index (χ0n) is 20.2. The molecule has 0 radical (unpaired) electrons. The molecule has 1 aliphatic rings. The van der Waals surface area contributed by atoms with E-state index >= 15 is 0 Å². The van der Waals surface area contributed by atoms with Gasteiger partial charge in [-0.05, 0) is 65.8 Å². The predicted molar refractivity (Wildman–Crippen MR) is 132 cm³/mol. The van der Waals surface area contributed by atoms with Crippen LogP contribution >= 0.6 is 0 Å². The Bertz CT molecular complexity index is 1500. The van der Waals surface area contributed by atoms with Gasteiger partial charge in [-0.3, -0.25) is 9.59 Å². The van der Waals surface area contributed by atoms with E-state index in [1.165, 1.54) is 12.1 Å². The van der Waals surface area contributed by atoms with Crippen molar-refractivity contribution in [2.75, 3.05) is 5.73 Å². The molecule has 188 valence electrons. The van der Waals surface area contributed by atoms with Crippen LogP contribution in [0.3, 0.4) is 0 Å². The van der Waals surface area contributed by atoms with E-state index in [2.05, 4.69) is 41.2 Å². The summed E-state index contributed by atoms with van der Waals surface area (Å²) in [6, 6.07) is 9.52. The molecular weight excluding hydrogens is 477 g/mol. The van der Waals surface area contributed by atoms with Crippen LogP contribution in [-0.4, -0.2) is 42.4 Å². The number of tetrazole rings is 1. The van der Waals surface area contributed by atoms with Gasteiger partial charge in [0.2, 0.25) is 11.8 Å². The summed E-state index contributed by atoms with van der Waals surface area (Å²) in [5, 5.41) is 19.9. The molecule has 4 aromatic rings. The fourth-order valence-electron chi connectivity index (χ4n) is 4.57. The number of amides is 2. The highest BCUT2D eigenvalue weighted by Crippen LogP contribution is 2.36. The van der Waals surface area contributed by atoms with Gasteiger partial charge in [-0.1, -0.05) is 24.3 Å². The predicted octanol–water partition coefficient (Wildman–Crippen LogP) is 2.34. The lowest BCUT2D eigenvalue weighted by molar-refractivity contribution is 0.0931. The lowest BCUT2D eigenvalue weighted by Crippen LogP contribution is -2.30. The summed E-state index contributed by atoms with van der Waals surface area (Å²) >= 11 is 0. The number of rotatable bonds is 6. The smallest absolute Gasteiger partial charge is 0.270 e. The lowest BCUT2D eigenvalue weighted by atomic mass is 9.97. The van der Waals surface area contributed by atoms with E-state index < -0.39 is 11.8 Å². The second-order valence-electron chi connectivity index (χ2n) is 8.87. The maximum absolute atomic E-state index is 13.5. The van der Waals surface area contributed by atoms with Crippen molar-refractivity contribution in [2.45, 2.75) is 39.3 Å². The third-order valence-corrected chi connectivity index (χ3v) is 6.47. The summed E-state index contributed by atoms with van der Waals surface area (Å²) in [5.41, 5.74) is 11.0. The highest BCUT2D eigenvalue weighted by atomic mass is 19.1. The van der Waals surface area contributed by atoms with Crippen LogP contribution < -0.4 is 16.4 Å². The van der Waals surface area contributed by atoms with Gasteiger partial charge in [-0.25, -0.2) is 14.4 Å². The number of H-pyrrole nitrogens is 1. The number of anilines is 1. The topological polar surface area (TPSA) is 164 Å². The Morgan fingerprint density at radius 1 is 1.11 bits per heavy atom. The average molecular weight is 502 g/mol. The first-order chi connectivity index (χ1) is 17.8. The number of benzene rings is 2. The third-order valence-electron chi connectivity index (χ3n) is 6.47. The van der Waals surface area contributed by atoms with Crippen LogP contribution in [0.5, 0.6) is 0 Å². The van der Waals surface area contributed by atoms with E-state index in [0.29, 0.717) is 17.8 Å². The second-order valence-corrected chi connectivity index (χ2v) is 8.87. The Kier molecular flexibility index (Phi) is 6.30. The van der Waals surface area contributed by atoms with Gasteiger partial charge in [0, 0.05) is 18.2 Å². The minimum Gasteiger partial charge on any atom is -0.368 e. The van der Waals surface area contributed by atoms with Crippen molar-refractivity contribution >= 4 is 17.8 Å². The number of hydrogen-bond donors (Lipinski definition) is 4. The monoisotopic (exact) mass is 501 g/mol. The van der Waals surface area contributed by atoms with Crippen LogP contribution in [0.1, 0.15) is 61.3 Å². The Morgan fingerprint density at radius 3 is 2.62 bits per heavy atom. The van der Waals surface area contributed by atoms with Gasteiger partial charge >= 0.3 is 0 Å². The zero-order chi connectivity index (χ0) is 26.1. The summed E-state index contributed by atoms with van der Waals surface area (Å²) in [4.78, 5) is 33.8. The van der Waals surface area contributed by atoms with Crippen molar-refractivity contribution in [1.82, 2.24) is 41.2 Å². The second kappa shape index (κ2) is 9.72. The fourth-order valence-corrected chi connectivity index (χ4v) is 4.57. The first kappa shape index (κ1) is 24.0. The molecule has 1 atom stereocenters. The van der Waals surface area contributed by atoms with Crippen LogP contribution in [0.15, 0.2) is 36.4 Å². The van der Waals surface area contributed by atoms with Crippen molar-refractivity contribution < 1.29 is 14.0 Å². The number of aromatic nitrogens is 6. The van der Waals surface area contributed by atoms with Gasteiger partial charge < -0.3 is 16.4 Å². The van der Waals surface area contributed by atoms with Crippen LogP contribution in [0.25, 0.3) is 11.4 Å². The number of carbonyl (C=O) groups is 2. The minimum atomic E-state index is -0.527. The van der Waals surface area contributed by atoms with Crippen molar-refractivity contribution in [3.63, 3.8) is 0 Å². The summed E-state index contributed by atoms with van der Waals surface area (Å²) in [6.07, 6.45) is 1.49. The molecule has 0 unspecified atom stereocenters. The van der Waals surface area contributed by atoms with E-state index in [9.17, 15) is 14.0 Å². The largest absolute Gasteiger partial charge is 0.368 e. The first-order valence-electron chi connectivity index (χ1n) is 11.6. The van der Waals surface area contributed by atoms with Gasteiger partial charge in [0.05, 0.1) is 6.04 Å². The standard InChI is InChI=1S/C25H24FN9O2/c1-12-9-14(3-7-18(12)26)11-28-23(36)20-10-21(31-25(27)30-20)24(37)29-19-8-6-15-13(2)16(4-5-17(15)19)22-32-34-35-33-22/h3-5,7,9-10,19H,6,8,11H2,1-2H3,(H,28,36)(H,29,37)(H2,27,30,31)(H,32,33,34,35)/t19-/m0/s1. The van der Waals surface area contributed by atoms with Gasteiger partial charge in [-0.15, -0.1) is 10.2 Å². The van der Waals surface area contributed by atoms with E-state index in [1.807, 2.05) is 19.1 Å². The normalized spacial score (nSPS) is 14.3. The van der Waals surface area contributed by atoms with Crippen molar-refractivity contribution in [2.24, 2.45) is 0 Å². The van der Waals surface area contributed by atoms with E-state index in [0.717, 1.165) is 34.2 Å². The molecule has 2 heterocycles. The first-order valence-corrected chi connectivity index (χ1v) is 11.6. The molecule has 2 amide bonds. The SMILES string of the molecule is Cc1cc(CNC(=O)c2cc(C(=O)N[C@H]3CCc4c3ccc(-c3nn[nH]n3)c4C)nc(N)n2)ccc1F. The molecule has 2 aromatic carbocycles. The number of nitrogen functional groups attached to an aromatic ring is 1. The summed E-state index contributed by atoms with van der Waals surface area (Å²) < 4.78 is 13.5. The quantitative estimate of drug-likeness (QED) is 0.313. The number of aromatic amines is 1. The summed E-state index contributed by atoms with van der Waals surface area (Å²) in [5.74, 6) is -0.981. The molecule has 0 saturated carbocycles. The van der Waals surface area contributed by atoms with Gasteiger partial charge in [0.15, 0.2) is 0 Å². The van der Waals surface area contributed by atoms with Crippen LogP contribution in [0.2, 0.25) is 0 Å². The summed E-state index contributed by atoms with van der Waals surface area (Å²) in [6.45, 7) is 3.81. The van der Waals surface area contributed by atoms with Gasteiger partial charge in [0.1, 0.15) is 17.2 Å². The van der Waals surface area contributed by atoms with Gasteiger partial charge in [0.25, 0.3) is 11.8 Å². The molecule has 0 spiro atoms. The van der Waals surface area contributed by atoms with Crippen LogP contribution in [0, 0.1) is 19.7 Å². The molecule has 0 bridgehead atoms. The molecule has 37 heavy (non-hydrogen) atoms. The molecule has 0 fully saturated rings. The number of halogens is 1. The molecule has 5 rings (SSSR count). The molecule has 2 aromatic heterocycles. The summed E-state index contributed by atoms with van der Waals surface area (Å²) in [7, 11) is 0. The van der Waals surface area contributed by atoms with Gasteiger partial charge in [-0.2, -0.15) is 5.21 Å². The van der Waals surface area contributed by atoms with Crippen LogP contribution in [0.4, 0.5) is 10.3 Å². The van der Waals surface area contributed by atoms with Crippen LogP contribution in [-0.2, 0) is 13.0 Å². The Balaban J connectivity index is 1.29. The number of nitrogens with two attached hydrogens (primary N) is 1. The molecule has 0 aliphatic heterocycles. The number of hydrogen-bond acceptors (Lipinski definition) is 8. The fraction of sp³-hybridized carbons (Fsp3) is 0.240. The number of nitrogens with one attached hydrogen (secondary N) is 3. The van der Waals surface area contributed by atoms with Crippen molar-refractivity contribution in [1.29, 1.82) is 0 Å². The minimum absolute atomic E-state index is 0.0103. The highest BCUT2D eigenvalue weighted by molar-refractivity contribution is 5.97. The van der Waals surface area contributed by atoms with E-state index in [-0.39, 0.29) is 35.7 Å². The number of aryl methyl sites for hydroxylation is 1. The molecular formula is C25H24FN9O2. The Labute approximate surface area is 211 Å². The van der Waals surface area contributed by atoms with Crippen molar-refractivity contribution in [3.05, 3.63) is 81.4 Å². The molecule has 5 N–H and O–H groups in total. The molecule has 12 heteroatoms. The van der Waals surface area contributed by atoms with Crippen molar-refractivity contribution in [3.8, 4) is 11.4 Å². The van der Waals surface area contributed by atoms with E-state index in [4.69, 9.17) is 5.73 Å². The number of nitrogens with zero attached hydrogens (tertiary/aromatic N) is 5. The molecule has 1 aliphatic carbocycles. The zero-order valence-corrected chi connectivity index (χ0v) is 20.2. The Morgan fingerprint density at radius 2 is 1.89 bits per heavy atom. The highest BCUT2D eigenvalue weighted by Gasteiger charge is 2.28. The lowest BCUT2D eigenvalue weighted by Gasteiger charge is -2.16. The maximum atomic E-state index is 13.5. The molecule has 0 saturated heterocycles. The third kappa shape index (κ3) is 4.85. The Hall–Kier alpha value is -4.74. The number of fused-ring (bicyclic) bond motifs is 1. The maximum Gasteiger partial charge on any atom is 0.270 e. The van der Waals surface area contributed by atoms with E-state index in [1.54, 1.807) is 19.1 Å². The average Bonchev–Trinajstić information content (AvgIpc) is 3.55. The number of carbonyl (C=O) groups excluding carboxylic acids is 2.